The number of methoxy groups -OCH3 is 1. The lowest BCUT2D eigenvalue weighted by atomic mass is 9.73. The number of carbonyl (C=O) groups excluding carboxylic acids is 1. The molecular formula is C24H39IN4O3. The highest BCUT2D eigenvalue weighted by atomic mass is 127. The van der Waals surface area contributed by atoms with E-state index in [1.807, 2.05) is 11.8 Å². The zero-order valence-electron chi connectivity index (χ0n) is 19.9. The molecular weight excluding hydrogens is 519 g/mol. The van der Waals surface area contributed by atoms with Crippen molar-refractivity contribution in [2.24, 2.45) is 4.99 Å². The van der Waals surface area contributed by atoms with E-state index >= 15 is 0 Å². The van der Waals surface area contributed by atoms with Crippen LogP contribution in [0.3, 0.4) is 0 Å². The first-order chi connectivity index (χ1) is 15.0. The molecule has 1 amide bonds. The first kappa shape index (κ1) is 26.7. The molecule has 2 aliphatic rings. The van der Waals surface area contributed by atoms with Crippen LogP contribution in [0.2, 0.25) is 0 Å². The molecule has 0 aromatic heterocycles. The van der Waals surface area contributed by atoms with Gasteiger partial charge in [0.15, 0.2) is 5.96 Å². The molecule has 0 spiro atoms. The second-order valence-electron chi connectivity index (χ2n) is 8.61. The Labute approximate surface area is 209 Å². The van der Waals surface area contributed by atoms with E-state index in [0.717, 1.165) is 63.8 Å². The Hall–Kier alpha value is -1.55. The maximum absolute atomic E-state index is 12.0. The average molecular weight is 559 g/mol. The second-order valence-corrected chi connectivity index (χ2v) is 8.61. The minimum absolute atomic E-state index is 0. The first-order valence-corrected chi connectivity index (χ1v) is 11.6. The number of guanidine groups is 1. The van der Waals surface area contributed by atoms with E-state index in [-0.39, 0.29) is 41.3 Å². The van der Waals surface area contributed by atoms with Gasteiger partial charge in [0, 0.05) is 56.3 Å². The fraction of sp³-hybridized carbons (Fsp3) is 0.667. The molecule has 32 heavy (non-hydrogen) atoms. The minimum Gasteiger partial charge on any atom is -0.496 e. The van der Waals surface area contributed by atoms with E-state index < -0.39 is 0 Å². The summed E-state index contributed by atoms with van der Waals surface area (Å²) in [5, 5.41) is 6.95. The summed E-state index contributed by atoms with van der Waals surface area (Å²) in [4.78, 5) is 19.0. The molecule has 7 nitrogen and oxygen atoms in total. The first-order valence-electron chi connectivity index (χ1n) is 11.6. The third-order valence-electron chi connectivity index (χ3n) is 6.44. The zero-order chi connectivity index (χ0) is 22.3. The van der Waals surface area contributed by atoms with Gasteiger partial charge in [0.2, 0.25) is 5.91 Å². The standard InChI is InChI=1S/C24H38N4O3.HI/c1-5-22(29)28-12-9-19(16-28)27-23(25-6-2)26-17-24(10-13-31-14-11-24)20-15-18(3)7-8-21(20)30-4;/h7-8,15,19H,5-6,9-14,16-17H2,1-4H3,(H2,25,26,27);1H. The van der Waals surface area contributed by atoms with Crippen LogP contribution in [0.25, 0.3) is 0 Å². The van der Waals surface area contributed by atoms with Crippen molar-refractivity contribution in [3.63, 3.8) is 0 Å². The lowest BCUT2D eigenvalue weighted by Crippen LogP contribution is -2.46. The Morgan fingerprint density at radius 1 is 1.31 bits per heavy atom. The van der Waals surface area contributed by atoms with Crippen LogP contribution in [0.1, 0.15) is 50.7 Å². The van der Waals surface area contributed by atoms with Gasteiger partial charge in [-0.1, -0.05) is 24.6 Å². The molecule has 0 aliphatic carbocycles. The predicted octanol–water partition coefficient (Wildman–Crippen LogP) is 3.24. The van der Waals surface area contributed by atoms with Crippen LogP contribution in [-0.4, -0.2) is 69.3 Å². The van der Waals surface area contributed by atoms with E-state index in [1.165, 1.54) is 11.1 Å². The smallest absolute Gasteiger partial charge is 0.222 e. The van der Waals surface area contributed by atoms with E-state index in [0.29, 0.717) is 13.0 Å². The van der Waals surface area contributed by atoms with Crippen LogP contribution >= 0.6 is 24.0 Å². The van der Waals surface area contributed by atoms with Gasteiger partial charge < -0.3 is 25.0 Å². The third kappa shape index (κ3) is 6.50. The van der Waals surface area contributed by atoms with Gasteiger partial charge in [-0.25, -0.2) is 0 Å². The van der Waals surface area contributed by atoms with Crippen LogP contribution in [-0.2, 0) is 14.9 Å². The number of aryl methyl sites for hydroxylation is 1. The molecule has 2 heterocycles. The quantitative estimate of drug-likeness (QED) is 0.306. The summed E-state index contributed by atoms with van der Waals surface area (Å²) in [5.74, 6) is 1.96. The topological polar surface area (TPSA) is 75.2 Å². The van der Waals surface area contributed by atoms with Gasteiger partial charge in [0.05, 0.1) is 13.7 Å². The normalized spacial score (nSPS) is 20.4. The molecule has 0 bridgehead atoms. The van der Waals surface area contributed by atoms with Gasteiger partial charge >= 0.3 is 0 Å². The van der Waals surface area contributed by atoms with Crippen molar-refractivity contribution in [3.05, 3.63) is 29.3 Å². The number of rotatable bonds is 7. The van der Waals surface area contributed by atoms with Crippen LogP contribution in [0.4, 0.5) is 0 Å². The van der Waals surface area contributed by atoms with E-state index in [9.17, 15) is 4.79 Å². The summed E-state index contributed by atoms with van der Waals surface area (Å²) in [6.07, 6.45) is 3.33. The fourth-order valence-electron chi connectivity index (χ4n) is 4.58. The average Bonchev–Trinajstić information content (AvgIpc) is 3.26. The minimum atomic E-state index is -0.113. The summed E-state index contributed by atoms with van der Waals surface area (Å²) in [6.45, 7) is 10.6. The van der Waals surface area contributed by atoms with Gasteiger partial charge in [-0.15, -0.1) is 24.0 Å². The third-order valence-corrected chi connectivity index (χ3v) is 6.44. The summed E-state index contributed by atoms with van der Waals surface area (Å²) < 4.78 is 11.4. The summed E-state index contributed by atoms with van der Waals surface area (Å²) in [5.41, 5.74) is 2.33. The SMILES string of the molecule is CCNC(=NCC1(c2cc(C)ccc2OC)CCOCC1)NC1CCN(C(=O)CC)C1.I. The number of carbonyl (C=O) groups is 1. The van der Waals surface area contributed by atoms with E-state index in [4.69, 9.17) is 14.5 Å². The Bertz CT molecular complexity index is 781. The van der Waals surface area contributed by atoms with Gasteiger partial charge in [-0.05, 0) is 39.2 Å². The molecule has 2 saturated heterocycles. The number of benzene rings is 1. The molecule has 1 unspecified atom stereocenters. The van der Waals surface area contributed by atoms with Crippen molar-refractivity contribution in [1.29, 1.82) is 0 Å². The van der Waals surface area contributed by atoms with Crippen molar-refractivity contribution in [3.8, 4) is 5.75 Å². The van der Waals surface area contributed by atoms with Crippen molar-refractivity contribution in [2.75, 3.05) is 46.5 Å². The highest BCUT2D eigenvalue weighted by molar-refractivity contribution is 14.0. The number of likely N-dealkylation sites (tertiary alicyclic amines) is 1. The summed E-state index contributed by atoms with van der Waals surface area (Å²) in [6, 6.07) is 6.62. The van der Waals surface area contributed by atoms with Crippen molar-refractivity contribution >= 4 is 35.8 Å². The number of aliphatic imine (C=N–C) groups is 1. The highest BCUT2D eigenvalue weighted by Crippen LogP contribution is 2.40. The van der Waals surface area contributed by atoms with E-state index in [2.05, 4.69) is 42.7 Å². The summed E-state index contributed by atoms with van der Waals surface area (Å²) >= 11 is 0. The largest absolute Gasteiger partial charge is 0.496 e. The van der Waals surface area contributed by atoms with Gasteiger partial charge in [0.1, 0.15) is 5.75 Å². The highest BCUT2D eigenvalue weighted by Gasteiger charge is 2.37. The van der Waals surface area contributed by atoms with Crippen molar-refractivity contribution < 1.29 is 14.3 Å². The van der Waals surface area contributed by atoms with Crippen LogP contribution < -0.4 is 15.4 Å². The molecule has 0 radical (unpaired) electrons. The Balaban J connectivity index is 0.00000363. The Morgan fingerprint density at radius 3 is 2.72 bits per heavy atom. The van der Waals surface area contributed by atoms with Crippen LogP contribution in [0.5, 0.6) is 5.75 Å². The number of halogens is 1. The van der Waals surface area contributed by atoms with Gasteiger partial charge in [-0.3, -0.25) is 9.79 Å². The Morgan fingerprint density at radius 2 is 2.06 bits per heavy atom. The number of nitrogens with zero attached hydrogens (tertiary/aromatic N) is 2. The molecule has 1 aromatic rings. The van der Waals surface area contributed by atoms with Crippen LogP contribution in [0, 0.1) is 6.92 Å². The maximum Gasteiger partial charge on any atom is 0.222 e. The molecule has 2 N–H and O–H groups in total. The molecule has 1 atom stereocenters. The predicted molar refractivity (Wildman–Crippen MR) is 139 cm³/mol. The molecule has 2 fully saturated rings. The monoisotopic (exact) mass is 558 g/mol. The number of amides is 1. The lowest BCUT2D eigenvalue weighted by Gasteiger charge is -2.37. The number of hydrogen-bond acceptors (Lipinski definition) is 4. The zero-order valence-corrected chi connectivity index (χ0v) is 22.2. The molecule has 180 valence electrons. The Kier molecular flexibility index (Phi) is 10.5. The fourth-order valence-corrected chi connectivity index (χ4v) is 4.58. The van der Waals surface area contributed by atoms with Crippen LogP contribution in [0.15, 0.2) is 23.2 Å². The van der Waals surface area contributed by atoms with Gasteiger partial charge in [0.25, 0.3) is 0 Å². The number of hydrogen-bond donors (Lipinski definition) is 2. The maximum atomic E-state index is 12.0. The number of nitrogens with one attached hydrogen (secondary N) is 2. The second kappa shape index (κ2) is 12.6. The lowest BCUT2D eigenvalue weighted by molar-refractivity contribution is -0.129. The van der Waals surface area contributed by atoms with Gasteiger partial charge in [-0.2, -0.15) is 0 Å². The number of ether oxygens (including phenoxy) is 2. The van der Waals surface area contributed by atoms with Crippen molar-refractivity contribution in [1.82, 2.24) is 15.5 Å². The summed E-state index contributed by atoms with van der Waals surface area (Å²) in [7, 11) is 1.74. The molecule has 0 saturated carbocycles. The molecule has 1 aromatic carbocycles. The molecule has 2 aliphatic heterocycles. The molecule has 3 rings (SSSR count). The van der Waals surface area contributed by atoms with Crippen molar-refractivity contribution in [2.45, 2.75) is 57.9 Å². The van der Waals surface area contributed by atoms with E-state index in [1.54, 1.807) is 7.11 Å². The molecule has 8 heteroatoms.